The van der Waals surface area contributed by atoms with Crippen LogP contribution >= 0.6 is 0 Å². The summed E-state index contributed by atoms with van der Waals surface area (Å²) in [5.41, 5.74) is 3.33. The van der Waals surface area contributed by atoms with Gasteiger partial charge in [0.05, 0.1) is 17.7 Å². The highest BCUT2D eigenvalue weighted by atomic mass is 16.4. The number of Topliss-reactive ketones (excluding diaryl/α,β-unsaturated/α-hetero) is 2. The van der Waals surface area contributed by atoms with Gasteiger partial charge in [-0.05, 0) is 49.6 Å². The molecular weight excluding hydrogens is 556 g/mol. The molecule has 12 heteroatoms. The summed E-state index contributed by atoms with van der Waals surface area (Å²) in [4.78, 5) is 44.8. The van der Waals surface area contributed by atoms with Crippen LogP contribution in [0.2, 0.25) is 0 Å². The molecule has 1 aromatic carbocycles. The predicted octanol–water partition coefficient (Wildman–Crippen LogP) is 1.50. The number of amides is 1. The number of aromatic hydroxyl groups is 1. The van der Waals surface area contributed by atoms with Crippen LogP contribution in [-0.4, -0.2) is 101 Å². The molecular formula is C31H36N4O8. The van der Waals surface area contributed by atoms with E-state index in [0.29, 0.717) is 29.1 Å². The smallest absolute Gasteiger partial charge is 0.255 e. The lowest BCUT2D eigenvalue weighted by molar-refractivity contribution is -0.147. The fourth-order valence-corrected chi connectivity index (χ4v) is 7.09. The second-order valence-electron chi connectivity index (χ2n) is 12.3. The first-order chi connectivity index (χ1) is 20.3. The first kappa shape index (κ1) is 29.0. The first-order valence-electron chi connectivity index (χ1n) is 14.4. The van der Waals surface area contributed by atoms with E-state index in [4.69, 9.17) is 10.2 Å². The Morgan fingerprint density at radius 3 is 2.47 bits per heavy atom. The van der Waals surface area contributed by atoms with Crippen molar-refractivity contribution in [3.63, 3.8) is 0 Å². The Morgan fingerprint density at radius 1 is 1.12 bits per heavy atom. The number of rotatable bonds is 5. The van der Waals surface area contributed by atoms with Crippen molar-refractivity contribution in [3.05, 3.63) is 52.0 Å². The number of hydrogen-bond donors (Lipinski definition) is 5. The van der Waals surface area contributed by atoms with Crippen LogP contribution in [0.25, 0.3) is 17.1 Å². The maximum atomic E-state index is 13.9. The average molecular weight is 593 g/mol. The van der Waals surface area contributed by atoms with Gasteiger partial charge < -0.3 is 40.4 Å². The molecule has 6 N–H and O–H groups in total. The van der Waals surface area contributed by atoms with Crippen molar-refractivity contribution in [1.82, 2.24) is 9.80 Å². The molecule has 0 spiro atoms. The molecule has 4 aliphatic rings. The van der Waals surface area contributed by atoms with Gasteiger partial charge in [-0.1, -0.05) is 0 Å². The molecule has 2 fully saturated rings. The van der Waals surface area contributed by atoms with Crippen molar-refractivity contribution >= 4 is 28.9 Å². The number of piperazine rings is 1. The predicted molar refractivity (Wildman–Crippen MR) is 156 cm³/mol. The largest absolute Gasteiger partial charge is 0.508 e. The molecule has 3 unspecified atom stereocenters. The van der Waals surface area contributed by atoms with E-state index < -0.39 is 52.0 Å². The highest BCUT2D eigenvalue weighted by Crippen LogP contribution is 2.54. The van der Waals surface area contributed by atoms with Gasteiger partial charge >= 0.3 is 0 Å². The average Bonchev–Trinajstić information content (AvgIpc) is 3.39. The number of aliphatic hydroxyl groups is 3. The van der Waals surface area contributed by atoms with Crippen molar-refractivity contribution in [2.75, 3.05) is 52.2 Å². The van der Waals surface area contributed by atoms with Gasteiger partial charge in [0.2, 0.25) is 5.78 Å². The lowest BCUT2D eigenvalue weighted by Gasteiger charge is -2.46. The van der Waals surface area contributed by atoms with Gasteiger partial charge in [-0.15, -0.1) is 0 Å². The lowest BCUT2D eigenvalue weighted by Crippen LogP contribution is -2.58. The van der Waals surface area contributed by atoms with E-state index in [2.05, 4.69) is 16.8 Å². The summed E-state index contributed by atoms with van der Waals surface area (Å²) in [7, 11) is 5.74. The number of ketones is 2. The van der Waals surface area contributed by atoms with Crippen molar-refractivity contribution in [2.24, 2.45) is 17.6 Å². The number of carbonyl (C=O) groups is 3. The minimum atomic E-state index is -2.60. The zero-order chi connectivity index (χ0) is 31.0. The van der Waals surface area contributed by atoms with Gasteiger partial charge in [-0.2, -0.15) is 0 Å². The summed E-state index contributed by atoms with van der Waals surface area (Å²) in [6, 6.07) is 5.39. The SMILES string of the molecule is CN1CCN(Cc2ccc(-c3cc(N(C)C)c4c(c3O)C(O)=C3C(=O)C5(O)C(O)=C(C(N)=O)C(=O)CC5CC3C4)o2)CC1. The Bertz CT molecular complexity index is 1610. The number of aliphatic hydroxyl groups excluding tert-OH is 2. The van der Waals surface area contributed by atoms with Gasteiger partial charge in [0, 0.05) is 63.9 Å². The van der Waals surface area contributed by atoms with Crippen LogP contribution in [-0.2, 0) is 27.3 Å². The Labute approximate surface area is 248 Å². The molecule has 12 nitrogen and oxygen atoms in total. The summed E-state index contributed by atoms with van der Waals surface area (Å²) in [6.07, 6.45) is -0.0592. The van der Waals surface area contributed by atoms with Crippen LogP contribution < -0.4 is 10.6 Å². The number of benzene rings is 1. The van der Waals surface area contributed by atoms with E-state index in [1.165, 1.54) is 0 Å². The number of anilines is 1. The number of phenolic OH excluding ortho intramolecular Hbond substituents is 1. The third-order valence-corrected chi connectivity index (χ3v) is 9.42. The molecule has 1 amide bonds. The third-order valence-electron chi connectivity index (χ3n) is 9.42. The Balaban J connectivity index is 1.44. The van der Waals surface area contributed by atoms with Crippen LogP contribution in [0.3, 0.4) is 0 Å². The van der Waals surface area contributed by atoms with Crippen LogP contribution in [0.5, 0.6) is 5.75 Å². The van der Waals surface area contributed by atoms with E-state index in [-0.39, 0.29) is 36.1 Å². The number of furan rings is 1. The molecule has 43 heavy (non-hydrogen) atoms. The number of likely N-dealkylation sites (N-methyl/N-ethyl adjacent to an activating group) is 1. The minimum Gasteiger partial charge on any atom is -0.508 e. The van der Waals surface area contributed by atoms with Crippen LogP contribution in [0, 0.1) is 11.8 Å². The molecule has 2 heterocycles. The van der Waals surface area contributed by atoms with Crippen molar-refractivity contribution < 1.29 is 39.2 Å². The summed E-state index contributed by atoms with van der Waals surface area (Å²) in [6.45, 7) is 4.35. The molecule has 0 bridgehead atoms. The summed E-state index contributed by atoms with van der Waals surface area (Å²) < 4.78 is 6.16. The van der Waals surface area contributed by atoms with Crippen molar-refractivity contribution in [1.29, 1.82) is 0 Å². The van der Waals surface area contributed by atoms with Gasteiger partial charge in [-0.3, -0.25) is 19.3 Å². The fraction of sp³-hybridized carbons (Fsp3) is 0.452. The minimum absolute atomic E-state index is 0.0327. The highest BCUT2D eigenvalue weighted by Gasteiger charge is 2.60. The third kappa shape index (κ3) is 4.43. The molecule has 228 valence electrons. The van der Waals surface area contributed by atoms with Crippen molar-refractivity contribution in [3.8, 4) is 17.1 Å². The molecule has 1 aromatic heterocycles. The van der Waals surface area contributed by atoms with E-state index in [1.54, 1.807) is 12.1 Å². The first-order valence-corrected chi connectivity index (χ1v) is 14.4. The van der Waals surface area contributed by atoms with Gasteiger partial charge in [-0.25, -0.2) is 0 Å². The number of primary amides is 1. The van der Waals surface area contributed by atoms with Gasteiger partial charge in [0.1, 0.15) is 34.4 Å². The molecule has 1 saturated heterocycles. The Hall–Kier alpha value is -4.13. The number of hydrogen-bond acceptors (Lipinski definition) is 11. The summed E-state index contributed by atoms with van der Waals surface area (Å²) in [5, 5.41) is 45.5. The number of nitrogens with two attached hydrogens (primary N) is 1. The maximum absolute atomic E-state index is 13.9. The number of carbonyl (C=O) groups excluding carboxylic acids is 3. The molecule has 3 aliphatic carbocycles. The number of nitrogens with zero attached hydrogens (tertiary/aromatic N) is 3. The molecule has 2 aromatic rings. The molecule has 3 atom stereocenters. The molecule has 6 rings (SSSR count). The van der Waals surface area contributed by atoms with E-state index in [1.807, 2.05) is 25.1 Å². The number of phenols is 1. The van der Waals surface area contributed by atoms with E-state index in [9.17, 15) is 34.8 Å². The normalized spacial score (nSPS) is 26.3. The monoisotopic (exact) mass is 592 g/mol. The van der Waals surface area contributed by atoms with Crippen LogP contribution in [0.4, 0.5) is 5.69 Å². The van der Waals surface area contributed by atoms with Crippen LogP contribution in [0.1, 0.15) is 29.7 Å². The molecule has 0 radical (unpaired) electrons. The second-order valence-corrected chi connectivity index (χ2v) is 12.3. The quantitative estimate of drug-likeness (QED) is 0.318. The Morgan fingerprint density at radius 2 is 1.81 bits per heavy atom. The van der Waals surface area contributed by atoms with Crippen molar-refractivity contribution in [2.45, 2.75) is 31.4 Å². The second kappa shape index (κ2) is 10.2. The van der Waals surface area contributed by atoms with E-state index >= 15 is 0 Å². The molecule has 1 saturated carbocycles. The summed E-state index contributed by atoms with van der Waals surface area (Å²) in [5.74, 6) is -5.44. The highest BCUT2D eigenvalue weighted by molar-refractivity contribution is 6.22. The topological polar surface area (TPSA) is 181 Å². The van der Waals surface area contributed by atoms with Gasteiger partial charge in [0.15, 0.2) is 11.4 Å². The van der Waals surface area contributed by atoms with Crippen LogP contribution in [0.15, 0.2) is 39.5 Å². The van der Waals surface area contributed by atoms with Gasteiger partial charge in [0.25, 0.3) is 5.91 Å². The zero-order valence-corrected chi connectivity index (χ0v) is 24.4. The number of fused-ring (bicyclic) bond motifs is 3. The fourth-order valence-electron chi connectivity index (χ4n) is 7.09. The lowest BCUT2D eigenvalue weighted by atomic mass is 9.59. The Kier molecular flexibility index (Phi) is 6.90. The molecule has 1 aliphatic heterocycles. The maximum Gasteiger partial charge on any atom is 0.255 e. The standard InChI is InChI=1S/C31H36N4O8/c1-33(2)20-13-19(22-5-4-17(43-22)14-35-8-6-34(3)7-9-35)26(37)24-18(20)11-15-10-16-12-21(36)25(30(32)41)29(40)31(16,42)28(39)23(15)27(24)38/h4-5,13,15-16,37-38,40,42H,6-12,14H2,1-3H3,(H2,32,41). The zero-order valence-electron chi connectivity index (χ0n) is 24.4. The van der Waals surface area contributed by atoms with E-state index in [0.717, 1.165) is 31.9 Å². The summed E-state index contributed by atoms with van der Waals surface area (Å²) >= 11 is 0.